The van der Waals surface area contributed by atoms with Crippen LogP contribution < -0.4 is 16.0 Å². The summed E-state index contributed by atoms with van der Waals surface area (Å²) in [4.78, 5) is 24.6. The Morgan fingerprint density at radius 1 is 1.20 bits per heavy atom. The first-order valence-electron chi connectivity index (χ1n) is 7.54. The van der Waals surface area contributed by atoms with Crippen molar-refractivity contribution in [3.05, 3.63) is 75.7 Å². The number of carbonyl (C=O) groups excluding carboxylic acids is 2. The first-order chi connectivity index (χ1) is 11.9. The second kappa shape index (κ2) is 7.06. The summed E-state index contributed by atoms with van der Waals surface area (Å²) in [5, 5.41) is 8.06. The average molecular weight is 404 g/mol. The van der Waals surface area contributed by atoms with Crippen molar-refractivity contribution >= 4 is 33.6 Å². The van der Waals surface area contributed by atoms with Gasteiger partial charge in [-0.3, -0.25) is 4.79 Å². The highest BCUT2D eigenvalue weighted by atomic mass is 79.9. The number of rotatable bonds is 3. The van der Waals surface area contributed by atoms with Gasteiger partial charge in [0, 0.05) is 15.9 Å². The molecule has 7 heteroatoms. The quantitative estimate of drug-likeness (QED) is 0.728. The maximum absolute atomic E-state index is 13.6. The van der Waals surface area contributed by atoms with E-state index in [0.717, 1.165) is 4.47 Å². The molecular weight excluding hydrogens is 389 g/mol. The van der Waals surface area contributed by atoms with Gasteiger partial charge < -0.3 is 16.0 Å². The van der Waals surface area contributed by atoms with E-state index in [0.29, 0.717) is 22.5 Å². The standard InChI is InChI=1S/C18H15BrFN3O2/c1-10-15(17(24)22-14-7-5-12(19)6-8-14)16(23-18(25)21-10)11-3-2-4-13(20)9-11/h2-9,16H,1H3,(H,22,24)(H2,21,23,25). The maximum atomic E-state index is 13.6. The zero-order valence-electron chi connectivity index (χ0n) is 13.3. The number of anilines is 1. The molecule has 0 aliphatic carbocycles. The van der Waals surface area contributed by atoms with Gasteiger partial charge in [0.2, 0.25) is 0 Å². The van der Waals surface area contributed by atoms with Gasteiger partial charge in [-0.15, -0.1) is 0 Å². The molecule has 0 bridgehead atoms. The van der Waals surface area contributed by atoms with Gasteiger partial charge in [-0.05, 0) is 48.9 Å². The summed E-state index contributed by atoms with van der Waals surface area (Å²) in [6, 6.07) is 11.8. The summed E-state index contributed by atoms with van der Waals surface area (Å²) in [7, 11) is 0. The first kappa shape index (κ1) is 17.2. The van der Waals surface area contributed by atoms with Crippen LogP contribution in [0.3, 0.4) is 0 Å². The fourth-order valence-electron chi connectivity index (χ4n) is 2.66. The third-order valence-electron chi connectivity index (χ3n) is 3.80. The molecule has 0 saturated carbocycles. The van der Waals surface area contributed by atoms with Crippen molar-refractivity contribution in [3.63, 3.8) is 0 Å². The van der Waals surface area contributed by atoms with E-state index in [1.165, 1.54) is 12.1 Å². The Kier molecular flexibility index (Phi) is 4.85. The molecule has 2 aromatic rings. The number of carbonyl (C=O) groups is 2. The molecule has 3 N–H and O–H groups in total. The molecule has 0 radical (unpaired) electrons. The van der Waals surface area contributed by atoms with E-state index in [4.69, 9.17) is 0 Å². The Hall–Kier alpha value is -2.67. The van der Waals surface area contributed by atoms with E-state index in [9.17, 15) is 14.0 Å². The monoisotopic (exact) mass is 403 g/mol. The van der Waals surface area contributed by atoms with Gasteiger partial charge in [-0.25, -0.2) is 9.18 Å². The first-order valence-corrected chi connectivity index (χ1v) is 8.34. The van der Waals surface area contributed by atoms with E-state index in [1.807, 2.05) is 12.1 Å². The minimum atomic E-state index is -0.736. The van der Waals surface area contributed by atoms with Crippen LogP contribution in [-0.2, 0) is 4.79 Å². The highest BCUT2D eigenvalue weighted by molar-refractivity contribution is 9.10. The molecule has 1 aliphatic rings. The van der Waals surface area contributed by atoms with Crippen LogP contribution in [0.1, 0.15) is 18.5 Å². The molecule has 3 amide bonds. The van der Waals surface area contributed by atoms with Gasteiger partial charge >= 0.3 is 6.03 Å². The molecule has 3 rings (SSSR count). The minimum Gasteiger partial charge on any atom is -0.327 e. The summed E-state index contributed by atoms with van der Waals surface area (Å²) >= 11 is 3.34. The highest BCUT2D eigenvalue weighted by Gasteiger charge is 2.31. The SMILES string of the molecule is CC1=C(C(=O)Nc2ccc(Br)cc2)C(c2cccc(F)c2)NC(=O)N1. The van der Waals surface area contributed by atoms with Gasteiger partial charge in [0.05, 0.1) is 11.6 Å². The summed E-state index contributed by atoms with van der Waals surface area (Å²) in [5.41, 5.74) is 1.86. The lowest BCUT2D eigenvalue weighted by Crippen LogP contribution is -2.46. The van der Waals surface area contributed by atoms with Crippen molar-refractivity contribution in [2.45, 2.75) is 13.0 Å². The Balaban J connectivity index is 1.94. The topological polar surface area (TPSA) is 70.2 Å². The molecule has 128 valence electrons. The van der Waals surface area contributed by atoms with Crippen molar-refractivity contribution < 1.29 is 14.0 Å². The predicted molar refractivity (Wildman–Crippen MR) is 96.3 cm³/mol. The largest absolute Gasteiger partial charge is 0.327 e. The summed E-state index contributed by atoms with van der Waals surface area (Å²) in [5.74, 6) is -0.808. The molecule has 1 atom stereocenters. The normalized spacial score (nSPS) is 16.9. The van der Waals surface area contributed by atoms with E-state index < -0.39 is 17.9 Å². The number of amides is 3. The lowest BCUT2D eigenvalue weighted by Gasteiger charge is -2.28. The second-order valence-electron chi connectivity index (χ2n) is 5.59. The van der Waals surface area contributed by atoms with Crippen molar-refractivity contribution in [1.82, 2.24) is 10.6 Å². The number of hydrogen-bond donors (Lipinski definition) is 3. The summed E-state index contributed by atoms with van der Waals surface area (Å²) in [6.07, 6.45) is 0. The Morgan fingerprint density at radius 3 is 2.60 bits per heavy atom. The van der Waals surface area contributed by atoms with E-state index in [2.05, 4.69) is 31.9 Å². The van der Waals surface area contributed by atoms with Crippen LogP contribution >= 0.6 is 15.9 Å². The van der Waals surface area contributed by atoms with Gasteiger partial charge in [0.25, 0.3) is 5.91 Å². The zero-order chi connectivity index (χ0) is 18.0. The number of urea groups is 1. The van der Waals surface area contributed by atoms with Gasteiger partial charge in [-0.2, -0.15) is 0 Å². The molecule has 1 aliphatic heterocycles. The van der Waals surface area contributed by atoms with Gasteiger partial charge in [-0.1, -0.05) is 28.1 Å². The van der Waals surface area contributed by atoms with E-state index in [1.54, 1.807) is 31.2 Å². The molecular formula is C18H15BrFN3O2. The number of hydrogen-bond acceptors (Lipinski definition) is 2. The fourth-order valence-corrected chi connectivity index (χ4v) is 2.93. The molecule has 25 heavy (non-hydrogen) atoms. The van der Waals surface area contributed by atoms with Crippen molar-refractivity contribution in [1.29, 1.82) is 0 Å². The lowest BCUT2D eigenvalue weighted by atomic mass is 9.94. The Morgan fingerprint density at radius 2 is 1.92 bits per heavy atom. The summed E-state index contributed by atoms with van der Waals surface area (Å²) < 4.78 is 14.5. The van der Waals surface area contributed by atoms with Crippen LogP contribution in [0.25, 0.3) is 0 Å². The van der Waals surface area contributed by atoms with Crippen molar-refractivity contribution in [2.75, 3.05) is 5.32 Å². The molecule has 1 unspecified atom stereocenters. The fraction of sp³-hybridized carbons (Fsp3) is 0.111. The molecule has 2 aromatic carbocycles. The molecule has 1 heterocycles. The van der Waals surface area contributed by atoms with Gasteiger partial charge in [0.15, 0.2) is 0 Å². The smallest absolute Gasteiger partial charge is 0.319 e. The Bertz CT molecular complexity index is 865. The lowest BCUT2D eigenvalue weighted by molar-refractivity contribution is -0.113. The average Bonchev–Trinajstić information content (AvgIpc) is 2.56. The van der Waals surface area contributed by atoms with Crippen molar-refractivity contribution in [2.24, 2.45) is 0 Å². The molecule has 0 spiro atoms. The highest BCUT2D eigenvalue weighted by Crippen LogP contribution is 2.28. The second-order valence-corrected chi connectivity index (χ2v) is 6.50. The minimum absolute atomic E-state index is 0.327. The van der Waals surface area contributed by atoms with Gasteiger partial charge in [0.1, 0.15) is 5.82 Å². The van der Waals surface area contributed by atoms with Crippen LogP contribution in [-0.4, -0.2) is 11.9 Å². The molecule has 0 saturated heterocycles. The van der Waals surface area contributed by atoms with Crippen LogP contribution in [0, 0.1) is 5.82 Å². The molecule has 0 fully saturated rings. The van der Waals surface area contributed by atoms with E-state index in [-0.39, 0.29) is 5.91 Å². The third-order valence-corrected chi connectivity index (χ3v) is 4.33. The van der Waals surface area contributed by atoms with Crippen LogP contribution in [0.5, 0.6) is 0 Å². The predicted octanol–water partition coefficient (Wildman–Crippen LogP) is 3.85. The number of benzene rings is 2. The number of nitrogens with one attached hydrogen (secondary N) is 3. The molecule has 0 aromatic heterocycles. The molecule has 5 nitrogen and oxygen atoms in total. The maximum Gasteiger partial charge on any atom is 0.319 e. The number of allylic oxidation sites excluding steroid dienone is 1. The van der Waals surface area contributed by atoms with Crippen LogP contribution in [0.2, 0.25) is 0 Å². The third kappa shape index (κ3) is 3.88. The van der Waals surface area contributed by atoms with E-state index >= 15 is 0 Å². The zero-order valence-corrected chi connectivity index (χ0v) is 14.9. The van der Waals surface area contributed by atoms with Crippen LogP contribution in [0.15, 0.2) is 64.3 Å². The van der Waals surface area contributed by atoms with Crippen LogP contribution in [0.4, 0.5) is 14.9 Å². The van der Waals surface area contributed by atoms with Crippen molar-refractivity contribution in [3.8, 4) is 0 Å². The Labute approximate surface area is 152 Å². The summed E-state index contributed by atoms with van der Waals surface area (Å²) in [6.45, 7) is 1.64. The number of halogens is 2.